The number of rotatable bonds is 3. The summed E-state index contributed by atoms with van der Waals surface area (Å²) in [6.07, 6.45) is 8.08. The number of hydrogen-bond donors (Lipinski definition) is 0. The van der Waals surface area contributed by atoms with Crippen molar-refractivity contribution in [3.8, 4) is 22.4 Å². The standard InChI is InChI=1S/C38H41FNO/c1-23-15-16-26-27-17-18-30(39)33(36(27)41-35(26)32(23)31-14-10-11-19-40(31)6)25-20-28(24-12-8-7-9-13-24)34-29(21-25)37(2,3)22-38(34,4)5/h10-11,14-21,24H,7-9,12-13,22H2,1-6H3/q+1/i24D. The third-order valence-electron chi connectivity index (χ3n) is 9.83. The number of pyridine rings is 1. The molecule has 41 heavy (non-hydrogen) atoms. The quantitative estimate of drug-likeness (QED) is 0.205. The van der Waals surface area contributed by atoms with Crippen molar-refractivity contribution >= 4 is 21.9 Å². The van der Waals surface area contributed by atoms with Gasteiger partial charge in [0.25, 0.3) is 0 Å². The van der Waals surface area contributed by atoms with Crippen molar-refractivity contribution in [3.63, 3.8) is 0 Å². The molecule has 0 spiro atoms. The van der Waals surface area contributed by atoms with Crippen LogP contribution in [0.3, 0.4) is 0 Å². The third-order valence-corrected chi connectivity index (χ3v) is 9.83. The number of aryl methyl sites for hydroxylation is 2. The maximum atomic E-state index is 16.2. The molecule has 3 heteroatoms. The molecule has 0 unspecified atom stereocenters. The molecule has 0 aliphatic heterocycles. The smallest absolute Gasteiger partial charge is 0.216 e. The Hall–Kier alpha value is -3.46. The van der Waals surface area contributed by atoms with E-state index in [0.29, 0.717) is 11.1 Å². The highest BCUT2D eigenvalue weighted by molar-refractivity contribution is 6.13. The molecule has 2 aromatic heterocycles. The van der Waals surface area contributed by atoms with Gasteiger partial charge in [0.2, 0.25) is 5.69 Å². The summed E-state index contributed by atoms with van der Waals surface area (Å²) >= 11 is 0. The van der Waals surface area contributed by atoms with Crippen LogP contribution in [0.2, 0.25) is 0 Å². The zero-order valence-electron chi connectivity index (χ0n) is 26.2. The topological polar surface area (TPSA) is 17.0 Å². The number of aromatic nitrogens is 1. The molecule has 3 aromatic carbocycles. The Bertz CT molecular complexity index is 1890. The molecule has 0 radical (unpaired) electrons. The van der Waals surface area contributed by atoms with Gasteiger partial charge < -0.3 is 4.42 Å². The van der Waals surface area contributed by atoms with E-state index in [1.807, 2.05) is 31.4 Å². The molecule has 0 saturated heterocycles. The molecule has 0 bridgehead atoms. The van der Waals surface area contributed by atoms with Crippen molar-refractivity contribution in [2.45, 2.75) is 89.9 Å². The molecule has 7 rings (SSSR count). The molecular weight excluding hydrogens is 505 g/mol. The Balaban J connectivity index is 1.55. The van der Waals surface area contributed by atoms with Crippen LogP contribution < -0.4 is 4.57 Å². The van der Waals surface area contributed by atoms with Gasteiger partial charge in [0.15, 0.2) is 6.20 Å². The van der Waals surface area contributed by atoms with Crippen molar-refractivity contribution in [2.75, 3.05) is 0 Å². The summed E-state index contributed by atoms with van der Waals surface area (Å²) in [5, 5.41) is 1.91. The highest BCUT2D eigenvalue weighted by Gasteiger charge is 2.44. The van der Waals surface area contributed by atoms with Gasteiger partial charge >= 0.3 is 0 Å². The van der Waals surface area contributed by atoms with Crippen LogP contribution in [0.5, 0.6) is 0 Å². The monoisotopic (exact) mass is 547 g/mol. The van der Waals surface area contributed by atoms with E-state index in [0.717, 1.165) is 76.4 Å². The molecule has 1 fully saturated rings. The molecule has 2 nitrogen and oxygen atoms in total. The summed E-state index contributed by atoms with van der Waals surface area (Å²) in [6, 6.07) is 18.2. The number of hydrogen-bond acceptors (Lipinski definition) is 1. The largest absolute Gasteiger partial charge is 0.454 e. The van der Waals surface area contributed by atoms with Crippen LogP contribution in [0, 0.1) is 12.7 Å². The van der Waals surface area contributed by atoms with Crippen molar-refractivity contribution in [1.29, 1.82) is 0 Å². The summed E-state index contributed by atoms with van der Waals surface area (Å²) in [4.78, 5) is 0. The molecule has 0 atom stereocenters. The van der Waals surface area contributed by atoms with Crippen molar-refractivity contribution < 1.29 is 14.7 Å². The molecule has 2 aliphatic rings. The van der Waals surface area contributed by atoms with Gasteiger partial charge in [-0.05, 0) is 88.9 Å². The van der Waals surface area contributed by atoms with Gasteiger partial charge in [0, 0.05) is 24.3 Å². The predicted octanol–water partition coefficient (Wildman–Crippen LogP) is 10.2. The maximum Gasteiger partial charge on any atom is 0.216 e. The van der Waals surface area contributed by atoms with Gasteiger partial charge in [-0.3, -0.25) is 0 Å². The summed E-state index contributed by atoms with van der Waals surface area (Å²) in [5.74, 6) is -0.936. The fraction of sp³-hybridized carbons (Fsp3) is 0.395. The molecule has 0 amide bonds. The van der Waals surface area contributed by atoms with E-state index in [1.54, 1.807) is 6.07 Å². The Kier molecular flexibility index (Phi) is 5.72. The van der Waals surface area contributed by atoms with Crippen molar-refractivity contribution in [2.24, 2.45) is 7.05 Å². The average Bonchev–Trinajstić information content (AvgIpc) is 3.39. The first-order valence-electron chi connectivity index (χ1n) is 15.7. The zero-order chi connectivity index (χ0) is 29.6. The Labute approximate surface area is 244 Å². The van der Waals surface area contributed by atoms with Crippen LogP contribution in [0.1, 0.15) is 95.7 Å². The van der Waals surface area contributed by atoms with Crippen LogP contribution in [-0.4, -0.2) is 0 Å². The summed E-state index contributed by atoms with van der Waals surface area (Å²) in [6.45, 7) is 11.4. The normalized spacial score (nSPS) is 19.4. The number of benzene rings is 3. The second-order valence-corrected chi connectivity index (χ2v) is 13.8. The molecule has 210 valence electrons. The lowest BCUT2D eigenvalue weighted by Gasteiger charge is -2.30. The number of halogens is 1. The Morgan fingerprint density at radius 2 is 1.59 bits per heavy atom. The minimum atomic E-state index is -0.652. The van der Waals surface area contributed by atoms with E-state index in [1.165, 1.54) is 17.5 Å². The fourth-order valence-corrected chi connectivity index (χ4v) is 8.21. The lowest BCUT2D eigenvalue weighted by atomic mass is 9.75. The highest BCUT2D eigenvalue weighted by atomic mass is 19.1. The fourth-order valence-electron chi connectivity index (χ4n) is 8.21. The zero-order valence-corrected chi connectivity index (χ0v) is 25.2. The van der Waals surface area contributed by atoms with Crippen LogP contribution in [0.4, 0.5) is 4.39 Å². The molecular formula is C38H41FNO+. The van der Waals surface area contributed by atoms with Crippen molar-refractivity contribution in [1.82, 2.24) is 0 Å². The first-order chi connectivity index (χ1) is 19.9. The van der Waals surface area contributed by atoms with Gasteiger partial charge in [0.1, 0.15) is 24.0 Å². The molecule has 0 N–H and O–H groups in total. The highest BCUT2D eigenvalue weighted by Crippen LogP contribution is 2.55. The van der Waals surface area contributed by atoms with Crippen LogP contribution in [0.25, 0.3) is 44.3 Å². The minimum absolute atomic E-state index is 0.0419. The van der Waals surface area contributed by atoms with E-state index in [-0.39, 0.29) is 16.6 Å². The van der Waals surface area contributed by atoms with Gasteiger partial charge in [-0.25, -0.2) is 8.96 Å². The van der Waals surface area contributed by atoms with Gasteiger partial charge in [-0.1, -0.05) is 71.2 Å². The number of furan rings is 1. The van der Waals surface area contributed by atoms with E-state index in [2.05, 4.69) is 69.5 Å². The van der Waals surface area contributed by atoms with Crippen LogP contribution in [-0.2, 0) is 17.9 Å². The minimum Gasteiger partial charge on any atom is -0.454 e. The summed E-state index contributed by atoms with van der Waals surface area (Å²) < 4.78 is 34.8. The van der Waals surface area contributed by atoms with Gasteiger partial charge in [0.05, 0.1) is 11.1 Å². The second-order valence-electron chi connectivity index (χ2n) is 13.8. The maximum absolute atomic E-state index is 16.2. The lowest BCUT2D eigenvalue weighted by Crippen LogP contribution is -2.30. The molecule has 2 heterocycles. The molecule has 1 saturated carbocycles. The summed E-state index contributed by atoms with van der Waals surface area (Å²) in [5.41, 5.74) is 9.47. The van der Waals surface area contributed by atoms with E-state index >= 15 is 4.39 Å². The summed E-state index contributed by atoms with van der Waals surface area (Å²) in [7, 11) is 2.04. The molecule has 5 aromatic rings. The van der Waals surface area contributed by atoms with Crippen LogP contribution >= 0.6 is 0 Å². The third kappa shape index (κ3) is 4.07. The van der Waals surface area contributed by atoms with Crippen molar-refractivity contribution in [3.05, 3.63) is 88.9 Å². The Morgan fingerprint density at radius 1 is 0.878 bits per heavy atom. The van der Waals surface area contributed by atoms with Crippen LogP contribution in [0.15, 0.2) is 65.2 Å². The van der Waals surface area contributed by atoms with Gasteiger partial charge in [-0.2, -0.15) is 0 Å². The van der Waals surface area contributed by atoms with E-state index in [4.69, 9.17) is 4.42 Å². The SMILES string of the molecule is [2H]C1(c2cc(-c3c(F)ccc4c3oc3c(-c5cccc[n+]5C)c(C)ccc34)cc3c2C(C)(C)CC3(C)C)CCCCC1. The average molecular weight is 548 g/mol. The first kappa shape index (κ1) is 25.3. The van der Waals surface area contributed by atoms with E-state index < -0.39 is 5.89 Å². The lowest BCUT2D eigenvalue weighted by molar-refractivity contribution is -0.660. The number of nitrogens with zero attached hydrogens (tertiary/aromatic N) is 1. The van der Waals surface area contributed by atoms with Gasteiger partial charge in [-0.15, -0.1) is 0 Å². The first-order valence-corrected chi connectivity index (χ1v) is 15.2. The number of fused-ring (bicyclic) bond motifs is 4. The second kappa shape index (κ2) is 9.28. The molecule has 2 aliphatic carbocycles. The van der Waals surface area contributed by atoms with E-state index in [9.17, 15) is 1.37 Å². The predicted molar refractivity (Wildman–Crippen MR) is 167 cm³/mol. The Morgan fingerprint density at radius 3 is 2.32 bits per heavy atom.